The number of pyridine rings is 1. The lowest BCUT2D eigenvalue weighted by atomic mass is 10.00. The van der Waals surface area contributed by atoms with Gasteiger partial charge in [-0.3, -0.25) is 9.67 Å². The maximum atomic E-state index is 4.80. The Labute approximate surface area is 100 Å². The van der Waals surface area contributed by atoms with Gasteiger partial charge in [-0.15, -0.1) is 0 Å². The summed E-state index contributed by atoms with van der Waals surface area (Å²) in [6.07, 6.45) is 5.80. The quantitative estimate of drug-likeness (QED) is 0.746. The van der Waals surface area contributed by atoms with Gasteiger partial charge in [-0.2, -0.15) is 5.10 Å². The first-order chi connectivity index (χ1) is 8.34. The molecule has 1 saturated carbocycles. The molecule has 1 fully saturated rings. The largest absolute Gasteiger partial charge is 0.265 e. The molecule has 0 radical (unpaired) electrons. The SMILES string of the molecule is Cc1c(-c2ccccn2)nn2c1[C@H]1CC[C@@H]2C1. The van der Waals surface area contributed by atoms with Crippen LogP contribution in [0.1, 0.15) is 42.5 Å². The van der Waals surface area contributed by atoms with Crippen LogP contribution < -0.4 is 0 Å². The summed E-state index contributed by atoms with van der Waals surface area (Å²) in [5.74, 6) is 0.755. The minimum Gasteiger partial charge on any atom is -0.265 e. The van der Waals surface area contributed by atoms with E-state index < -0.39 is 0 Å². The van der Waals surface area contributed by atoms with E-state index in [9.17, 15) is 0 Å². The van der Waals surface area contributed by atoms with E-state index in [0.29, 0.717) is 6.04 Å². The lowest BCUT2D eigenvalue weighted by molar-refractivity contribution is 0.477. The summed E-state index contributed by atoms with van der Waals surface area (Å²) >= 11 is 0. The van der Waals surface area contributed by atoms with Gasteiger partial charge < -0.3 is 0 Å². The topological polar surface area (TPSA) is 30.7 Å². The summed E-state index contributed by atoms with van der Waals surface area (Å²) in [7, 11) is 0. The molecular weight excluding hydrogens is 210 g/mol. The van der Waals surface area contributed by atoms with Gasteiger partial charge in [0.2, 0.25) is 0 Å². The smallest absolute Gasteiger partial charge is 0.114 e. The van der Waals surface area contributed by atoms with Crippen molar-refractivity contribution in [2.75, 3.05) is 0 Å². The van der Waals surface area contributed by atoms with Crippen LogP contribution >= 0.6 is 0 Å². The number of aromatic nitrogens is 3. The van der Waals surface area contributed by atoms with Crippen LogP contribution in [-0.2, 0) is 0 Å². The van der Waals surface area contributed by atoms with E-state index in [1.54, 1.807) is 0 Å². The third-order valence-corrected chi connectivity index (χ3v) is 4.24. The van der Waals surface area contributed by atoms with E-state index in [2.05, 4.69) is 16.6 Å². The van der Waals surface area contributed by atoms with Crippen LogP contribution in [0.3, 0.4) is 0 Å². The summed E-state index contributed by atoms with van der Waals surface area (Å²) in [4.78, 5) is 4.42. The molecule has 2 atom stereocenters. The molecule has 2 aromatic heterocycles. The molecular formula is C14H15N3. The Hall–Kier alpha value is -1.64. The molecule has 86 valence electrons. The van der Waals surface area contributed by atoms with Crippen LogP contribution in [0.15, 0.2) is 24.4 Å². The molecule has 2 aliphatic rings. The average Bonchev–Trinajstić information content (AvgIpc) is 3.03. The van der Waals surface area contributed by atoms with Crippen molar-refractivity contribution in [3.05, 3.63) is 35.7 Å². The molecule has 4 rings (SSSR count). The van der Waals surface area contributed by atoms with Gasteiger partial charge in [-0.25, -0.2) is 0 Å². The lowest BCUT2D eigenvalue weighted by Crippen LogP contribution is -2.07. The number of rotatable bonds is 1. The molecule has 0 unspecified atom stereocenters. The molecule has 0 amide bonds. The van der Waals surface area contributed by atoms with Gasteiger partial charge in [0.05, 0.1) is 11.7 Å². The molecule has 17 heavy (non-hydrogen) atoms. The summed E-state index contributed by atoms with van der Waals surface area (Å²) in [6, 6.07) is 6.69. The highest BCUT2D eigenvalue weighted by atomic mass is 15.3. The predicted molar refractivity (Wildman–Crippen MR) is 65.8 cm³/mol. The Kier molecular flexibility index (Phi) is 1.76. The fraction of sp³-hybridized carbons (Fsp3) is 0.429. The van der Waals surface area contributed by atoms with Gasteiger partial charge in [0, 0.05) is 23.4 Å². The Balaban J connectivity index is 1.90. The number of nitrogens with zero attached hydrogens (tertiary/aromatic N) is 3. The van der Waals surface area contributed by atoms with E-state index in [-0.39, 0.29) is 0 Å². The van der Waals surface area contributed by atoms with Crippen molar-refractivity contribution in [3.63, 3.8) is 0 Å². The van der Waals surface area contributed by atoms with Crippen molar-refractivity contribution in [2.24, 2.45) is 0 Å². The van der Waals surface area contributed by atoms with Crippen molar-refractivity contribution in [1.29, 1.82) is 0 Å². The first-order valence-corrected chi connectivity index (χ1v) is 6.35. The van der Waals surface area contributed by atoms with Crippen LogP contribution in [0.5, 0.6) is 0 Å². The van der Waals surface area contributed by atoms with Crippen LogP contribution in [0.4, 0.5) is 0 Å². The van der Waals surface area contributed by atoms with Crippen molar-refractivity contribution < 1.29 is 0 Å². The van der Waals surface area contributed by atoms with Gasteiger partial charge in [-0.05, 0) is 38.3 Å². The summed E-state index contributed by atoms with van der Waals surface area (Å²) in [5.41, 5.74) is 4.90. The zero-order chi connectivity index (χ0) is 11.4. The Bertz CT molecular complexity index is 571. The molecule has 0 spiro atoms. The van der Waals surface area contributed by atoms with Crippen LogP contribution in [0.25, 0.3) is 11.4 Å². The third-order valence-electron chi connectivity index (χ3n) is 4.24. The molecule has 3 nitrogen and oxygen atoms in total. The van der Waals surface area contributed by atoms with E-state index in [4.69, 9.17) is 5.10 Å². The highest BCUT2D eigenvalue weighted by molar-refractivity contribution is 5.60. The fourth-order valence-corrected chi connectivity index (χ4v) is 3.48. The second kappa shape index (κ2) is 3.19. The van der Waals surface area contributed by atoms with E-state index in [0.717, 1.165) is 17.3 Å². The highest BCUT2D eigenvalue weighted by Gasteiger charge is 2.40. The second-order valence-corrected chi connectivity index (χ2v) is 5.18. The molecule has 2 aromatic rings. The van der Waals surface area contributed by atoms with Crippen molar-refractivity contribution in [3.8, 4) is 11.4 Å². The summed E-state index contributed by atoms with van der Waals surface area (Å²) in [5, 5.41) is 4.80. The molecule has 0 aromatic carbocycles. The molecule has 3 heterocycles. The third kappa shape index (κ3) is 1.17. The van der Waals surface area contributed by atoms with Gasteiger partial charge >= 0.3 is 0 Å². The average molecular weight is 225 g/mol. The minimum atomic E-state index is 0.658. The molecule has 1 aliphatic carbocycles. The predicted octanol–water partition coefficient (Wildman–Crippen LogP) is 3.08. The molecule has 1 aliphatic heterocycles. The first kappa shape index (κ1) is 9.40. The zero-order valence-corrected chi connectivity index (χ0v) is 9.93. The molecule has 0 saturated heterocycles. The number of hydrogen-bond acceptors (Lipinski definition) is 2. The first-order valence-electron chi connectivity index (χ1n) is 6.35. The normalized spacial score (nSPS) is 25.2. The van der Waals surface area contributed by atoms with E-state index in [1.165, 1.54) is 30.5 Å². The molecule has 2 bridgehead atoms. The molecule has 0 N–H and O–H groups in total. The summed E-state index contributed by atoms with van der Waals surface area (Å²) in [6.45, 7) is 2.20. The standard InChI is InChI=1S/C14H15N3/c1-9-13(12-4-2-3-7-15-12)16-17-11-6-5-10(8-11)14(9)17/h2-4,7,10-11H,5-6,8H2,1H3/t10-,11+/m0/s1. The van der Waals surface area contributed by atoms with Crippen molar-refractivity contribution in [2.45, 2.75) is 38.1 Å². The monoisotopic (exact) mass is 225 g/mol. The minimum absolute atomic E-state index is 0.658. The van der Waals surface area contributed by atoms with E-state index in [1.807, 2.05) is 24.4 Å². The fourth-order valence-electron chi connectivity index (χ4n) is 3.48. The second-order valence-electron chi connectivity index (χ2n) is 5.18. The Morgan fingerprint density at radius 2 is 2.24 bits per heavy atom. The Morgan fingerprint density at radius 1 is 1.29 bits per heavy atom. The van der Waals surface area contributed by atoms with Gasteiger partial charge in [0.1, 0.15) is 5.69 Å². The van der Waals surface area contributed by atoms with Crippen LogP contribution in [0.2, 0.25) is 0 Å². The number of fused-ring (bicyclic) bond motifs is 5. The van der Waals surface area contributed by atoms with Gasteiger partial charge in [-0.1, -0.05) is 6.07 Å². The van der Waals surface area contributed by atoms with E-state index >= 15 is 0 Å². The number of hydrogen-bond donors (Lipinski definition) is 0. The van der Waals surface area contributed by atoms with Crippen molar-refractivity contribution >= 4 is 0 Å². The summed E-state index contributed by atoms with van der Waals surface area (Å²) < 4.78 is 2.27. The zero-order valence-electron chi connectivity index (χ0n) is 9.93. The maximum Gasteiger partial charge on any atom is 0.114 e. The van der Waals surface area contributed by atoms with Crippen molar-refractivity contribution in [1.82, 2.24) is 14.8 Å². The van der Waals surface area contributed by atoms with Gasteiger partial charge in [0.15, 0.2) is 0 Å². The maximum absolute atomic E-state index is 4.80. The molecule has 3 heteroatoms. The van der Waals surface area contributed by atoms with Crippen LogP contribution in [-0.4, -0.2) is 14.8 Å². The highest BCUT2D eigenvalue weighted by Crippen LogP contribution is 2.50. The lowest BCUT2D eigenvalue weighted by Gasteiger charge is -2.12. The Morgan fingerprint density at radius 3 is 3.00 bits per heavy atom. The van der Waals surface area contributed by atoms with Gasteiger partial charge in [0.25, 0.3) is 0 Å². The van der Waals surface area contributed by atoms with Crippen LogP contribution in [0, 0.1) is 6.92 Å².